The fourth-order valence-electron chi connectivity index (χ4n) is 6.08. The van der Waals surface area contributed by atoms with E-state index < -0.39 is 28.0 Å². The molecule has 0 fully saturated rings. The molecule has 214 valence electrons. The van der Waals surface area contributed by atoms with E-state index >= 15 is 0 Å². The highest BCUT2D eigenvalue weighted by atomic mass is 32.2. The third kappa shape index (κ3) is 5.22. The van der Waals surface area contributed by atoms with Gasteiger partial charge in [0.2, 0.25) is 5.91 Å². The summed E-state index contributed by atoms with van der Waals surface area (Å²) in [4.78, 5) is 27.8. The molecule has 1 aliphatic rings. The number of anilines is 1. The Hall–Kier alpha value is -4.11. The van der Waals surface area contributed by atoms with Gasteiger partial charge in [0, 0.05) is 7.05 Å². The minimum absolute atomic E-state index is 0.0464. The van der Waals surface area contributed by atoms with Crippen LogP contribution in [0.25, 0.3) is 5.69 Å². The first kappa shape index (κ1) is 28.4. The average molecular weight is 573 g/mol. The Labute approximate surface area is 241 Å². The van der Waals surface area contributed by atoms with E-state index in [0.717, 1.165) is 34.7 Å². The number of benzene rings is 3. The van der Waals surface area contributed by atoms with Crippen molar-refractivity contribution in [2.45, 2.75) is 57.9 Å². The molecule has 1 amide bonds. The molecular weight excluding hydrogens is 536 g/mol. The van der Waals surface area contributed by atoms with Crippen molar-refractivity contribution in [2.75, 3.05) is 10.8 Å². The van der Waals surface area contributed by atoms with Crippen LogP contribution in [0.2, 0.25) is 0 Å². The van der Waals surface area contributed by atoms with Crippen LogP contribution < -0.4 is 15.2 Å². The van der Waals surface area contributed by atoms with Gasteiger partial charge in [-0.3, -0.25) is 14.3 Å². The molecule has 1 N–H and O–H groups in total. The highest BCUT2D eigenvalue weighted by Gasteiger charge is 2.36. The molecule has 1 aromatic heterocycles. The molecule has 0 saturated heterocycles. The number of amides is 1. The lowest BCUT2D eigenvalue weighted by Crippen LogP contribution is -2.44. The number of nitrogens with zero attached hydrogens (tertiary/aromatic N) is 3. The molecule has 1 heterocycles. The molecule has 0 saturated carbocycles. The quantitative estimate of drug-likeness (QED) is 0.344. The Balaban J connectivity index is 1.62. The van der Waals surface area contributed by atoms with Crippen LogP contribution >= 0.6 is 0 Å². The van der Waals surface area contributed by atoms with Crippen molar-refractivity contribution in [3.63, 3.8) is 0 Å². The van der Waals surface area contributed by atoms with E-state index in [1.165, 1.54) is 10.2 Å². The predicted octanol–water partition coefficient (Wildman–Crippen LogP) is 4.80. The minimum Gasteiger partial charge on any atom is -0.348 e. The van der Waals surface area contributed by atoms with Gasteiger partial charge in [-0.1, -0.05) is 60.2 Å². The molecule has 3 aromatic carbocycles. The van der Waals surface area contributed by atoms with E-state index in [9.17, 15) is 18.0 Å². The zero-order valence-corrected chi connectivity index (χ0v) is 25.0. The van der Waals surface area contributed by atoms with Crippen molar-refractivity contribution in [3.8, 4) is 5.69 Å². The first-order valence-electron chi connectivity index (χ1n) is 13.8. The lowest BCUT2D eigenvalue weighted by atomic mass is 9.88. The summed E-state index contributed by atoms with van der Waals surface area (Å²) >= 11 is 0. The van der Waals surface area contributed by atoms with Crippen LogP contribution in [0.3, 0.4) is 0 Å². The Morgan fingerprint density at radius 2 is 1.61 bits per heavy atom. The van der Waals surface area contributed by atoms with Crippen molar-refractivity contribution in [1.82, 2.24) is 14.7 Å². The number of aromatic nitrogens is 2. The summed E-state index contributed by atoms with van der Waals surface area (Å²) in [7, 11) is -2.61. The number of hydrogen-bond donors (Lipinski definition) is 1. The van der Waals surface area contributed by atoms with Gasteiger partial charge < -0.3 is 5.32 Å². The molecule has 9 heteroatoms. The highest BCUT2D eigenvalue weighted by Crippen LogP contribution is 2.32. The summed E-state index contributed by atoms with van der Waals surface area (Å²) in [6, 6.07) is 20.4. The maximum Gasteiger partial charge on any atom is 0.296 e. The third-order valence-corrected chi connectivity index (χ3v) is 9.97. The third-order valence-electron chi connectivity index (χ3n) is 7.92. The minimum atomic E-state index is -4.31. The van der Waals surface area contributed by atoms with Gasteiger partial charge in [-0.2, -0.15) is 0 Å². The van der Waals surface area contributed by atoms with Gasteiger partial charge in [0.05, 0.1) is 22.3 Å². The molecule has 41 heavy (non-hydrogen) atoms. The average Bonchev–Trinajstić information content (AvgIpc) is 3.14. The van der Waals surface area contributed by atoms with Gasteiger partial charge in [-0.25, -0.2) is 17.4 Å². The van der Waals surface area contributed by atoms with Crippen LogP contribution in [0.4, 0.5) is 5.69 Å². The molecule has 0 bridgehead atoms. The van der Waals surface area contributed by atoms with E-state index in [2.05, 4.69) is 11.4 Å². The van der Waals surface area contributed by atoms with Crippen molar-refractivity contribution >= 4 is 21.6 Å². The van der Waals surface area contributed by atoms with Gasteiger partial charge in [0.1, 0.15) is 12.2 Å². The van der Waals surface area contributed by atoms with E-state index in [4.69, 9.17) is 0 Å². The standard InChI is InChI=1S/C32H36N4O4S/c1-21-18-22(2)31(23(3)19-21)41(39,40)35(20-29(37)33-28-17-11-13-25-12-9-10-16-27(25)28)30-24(4)34(5)36(32(30)38)26-14-7-6-8-15-26/h6-10,12,14-16,18-19,28H,11,13,17,20H2,1-5H3,(H,33,37)/t28-/m0/s1. The van der Waals surface area contributed by atoms with Crippen molar-refractivity contribution in [2.24, 2.45) is 7.05 Å². The summed E-state index contributed by atoms with van der Waals surface area (Å²) < 4.78 is 33.0. The summed E-state index contributed by atoms with van der Waals surface area (Å²) in [5.74, 6) is -0.466. The molecule has 5 rings (SSSR count). The van der Waals surface area contributed by atoms with Crippen LogP contribution in [0, 0.1) is 27.7 Å². The first-order chi connectivity index (χ1) is 19.5. The molecule has 0 unspecified atom stereocenters. The van der Waals surface area contributed by atoms with Gasteiger partial charge in [-0.15, -0.1) is 0 Å². The van der Waals surface area contributed by atoms with E-state index in [-0.39, 0.29) is 16.6 Å². The second-order valence-corrected chi connectivity index (χ2v) is 12.7. The number of aryl methyl sites for hydroxylation is 4. The molecule has 0 aliphatic heterocycles. The Morgan fingerprint density at radius 1 is 0.976 bits per heavy atom. The van der Waals surface area contributed by atoms with E-state index in [1.807, 2.05) is 43.3 Å². The molecule has 1 aliphatic carbocycles. The number of rotatable bonds is 7. The Morgan fingerprint density at radius 3 is 2.29 bits per heavy atom. The lowest BCUT2D eigenvalue weighted by molar-refractivity contribution is -0.120. The summed E-state index contributed by atoms with van der Waals surface area (Å²) in [5.41, 5.74) is 4.75. The summed E-state index contributed by atoms with van der Waals surface area (Å²) in [6.45, 7) is 6.56. The topological polar surface area (TPSA) is 93.4 Å². The van der Waals surface area contributed by atoms with Gasteiger partial charge in [-0.05, 0) is 81.3 Å². The predicted molar refractivity (Wildman–Crippen MR) is 161 cm³/mol. The van der Waals surface area contributed by atoms with Gasteiger partial charge in [0.15, 0.2) is 0 Å². The van der Waals surface area contributed by atoms with Crippen molar-refractivity contribution < 1.29 is 13.2 Å². The number of fused-ring (bicyclic) bond motifs is 1. The van der Waals surface area contributed by atoms with E-state index in [0.29, 0.717) is 22.5 Å². The second kappa shape index (κ2) is 11.0. The van der Waals surface area contributed by atoms with Crippen LogP contribution in [0.1, 0.15) is 52.4 Å². The molecule has 4 aromatic rings. The van der Waals surface area contributed by atoms with Crippen LogP contribution in [0.15, 0.2) is 76.4 Å². The fraction of sp³-hybridized carbons (Fsp3) is 0.312. The fourth-order valence-corrected chi connectivity index (χ4v) is 7.97. The Kier molecular flexibility index (Phi) is 7.66. The molecule has 0 spiro atoms. The Bertz CT molecular complexity index is 1770. The molecule has 8 nitrogen and oxygen atoms in total. The summed E-state index contributed by atoms with van der Waals surface area (Å²) in [5, 5.41) is 3.07. The van der Waals surface area contributed by atoms with Crippen molar-refractivity contribution in [1.29, 1.82) is 0 Å². The largest absolute Gasteiger partial charge is 0.348 e. The SMILES string of the molecule is Cc1cc(C)c(S(=O)(=O)N(CC(=O)N[C@H]2CCCc3ccccc32)c2c(C)n(C)n(-c3ccccc3)c2=O)c(C)c1. The number of carbonyl (C=O) groups excluding carboxylic acids is 1. The second-order valence-electron chi connectivity index (χ2n) is 10.9. The number of hydrogen-bond acceptors (Lipinski definition) is 4. The van der Waals surface area contributed by atoms with Gasteiger partial charge in [0.25, 0.3) is 15.6 Å². The molecule has 0 radical (unpaired) electrons. The zero-order valence-electron chi connectivity index (χ0n) is 24.1. The summed E-state index contributed by atoms with van der Waals surface area (Å²) in [6.07, 6.45) is 2.62. The lowest BCUT2D eigenvalue weighted by Gasteiger charge is -2.29. The molecular formula is C32H36N4O4S. The maximum absolute atomic E-state index is 14.5. The number of carbonyl (C=O) groups is 1. The maximum atomic E-state index is 14.5. The number of nitrogens with one attached hydrogen (secondary N) is 1. The van der Waals surface area contributed by atoms with Crippen LogP contribution in [0.5, 0.6) is 0 Å². The highest BCUT2D eigenvalue weighted by molar-refractivity contribution is 7.93. The molecule has 1 atom stereocenters. The normalized spacial score (nSPS) is 14.9. The number of para-hydroxylation sites is 1. The first-order valence-corrected chi connectivity index (χ1v) is 15.3. The monoisotopic (exact) mass is 572 g/mol. The van der Waals surface area contributed by atoms with Crippen molar-refractivity contribution in [3.05, 3.63) is 111 Å². The van der Waals surface area contributed by atoms with Crippen LogP contribution in [-0.4, -0.2) is 30.2 Å². The van der Waals surface area contributed by atoms with E-state index in [1.54, 1.807) is 56.8 Å². The van der Waals surface area contributed by atoms with Gasteiger partial charge >= 0.3 is 0 Å². The van der Waals surface area contributed by atoms with Crippen LogP contribution in [-0.2, 0) is 28.3 Å². The zero-order chi connectivity index (χ0) is 29.5. The smallest absolute Gasteiger partial charge is 0.296 e. The number of sulfonamides is 1.